The summed E-state index contributed by atoms with van der Waals surface area (Å²) in [6, 6.07) is 5.10. The molecule has 1 rings (SSSR count). The lowest BCUT2D eigenvalue weighted by atomic mass is 10.0. The van der Waals surface area contributed by atoms with Crippen LogP contribution in [-0.4, -0.2) is 19.7 Å². The van der Waals surface area contributed by atoms with Gasteiger partial charge >= 0.3 is 5.97 Å². The van der Waals surface area contributed by atoms with E-state index in [1.54, 1.807) is 13.0 Å². The van der Waals surface area contributed by atoms with Gasteiger partial charge in [-0.15, -0.1) is 0 Å². The molecule has 0 atom stereocenters. The van der Waals surface area contributed by atoms with E-state index in [-0.39, 0.29) is 6.42 Å². The third-order valence-electron chi connectivity index (χ3n) is 2.12. The largest absolute Gasteiger partial charge is 0.495 e. The van der Waals surface area contributed by atoms with Gasteiger partial charge in [-0.05, 0) is 18.6 Å². The molecular weight excluding hydrogens is 242 g/mol. The zero-order valence-electron chi connectivity index (χ0n) is 9.62. The van der Waals surface area contributed by atoms with Gasteiger partial charge in [0.2, 0.25) is 0 Å². The molecule has 5 heteroatoms. The number of carbonyl (C=O) groups excluding carboxylic acids is 1. The lowest BCUT2D eigenvalue weighted by Crippen LogP contribution is -2.09. The quantitative estimate of drug-likeness (QED) is 0.773. The van der Waals surface area contributed by atoms with Gasteiger partial charge in [0.25, 0.3) is 0 Å². The number of esters is 1. The van der Waals surface area contributed by atoms with Gasteiger partial charge in [0.05, 0.1) is 25.7 Å². The second-order valence-electron chi connectivity index (χ2n) is 3.24. The molecule has 1 aromatic rings. The normalized spacial score (nSPS) is 9.53. The van der Waals surface area contributed by atoms with E-state index in [0.29, 0.717) is 28.5 Å². The van der Waals surface area contributed by atoms with Crippen LogP contribution in [0.25, 0.3) is 0 Å². The molecule has 0 amide bonds. The first kappa shape index (κ1) is 13.3. The summed E-state index contributed by atoms with van der Waals surface area (Å²) in [5, 5.41) is 9.46. The van der Waals surface area contributed by atoms with Crippen molar-refractivity contribution in [2.24, 2.45) is 0 Å². The molecule has 0 heterocycles. The fraction of sp³-hybridized carbons (Fsp3) is 0.333. The lowest BCUT2D eigenvalue weighted by molar-refractivity contribution is -0.142. The van der Waals surface area contributed by atoms with Crippen molar-refractivity contribution >= 4 is 17.6 Å². The van der Waals surface area contributed by atoms with E-state index in [0.717, 1.165) is 0 Å². The molecule has 0 radical (unpaired) electrons. The summed E-state index contributed by atoms with van der Waals surface area (Å²) in [6.45, 7) is 2.03. The van der Waals surface area contributed by atoms with Crippen LogP contribution in [0.4, 0.5) is 0 Å². The standard InChI is InChI=1S/C12H12ClNO3/c1-3-17-12(15)5-8-4-9(13)6-11(16-2)10(8)7-14/h4,6H,3,5H2,1-2H3. The highest BCUT2D eigenvalue weighted by atomic mass is 35.5. The number of benzene rings is 1. The van der Waals surface area contributed by atoms with Crippen molar-refractivity contribution in [1.29, 1.82) is 5.26 Å². The summed E-state index contributed by atoms with van der Waals surface area (Å²) in [7, 11) is 1.45. The number of nitriles is 1. The number of carbonyl (C=O) groups is 1. The number of methoxy groups -OCH3 is 1. The van der Waals surface area contributed by atoms with Crippen molar-refractivity contribution in [2.75, 3.05) is 13.7 Å². The Morgan fingerprint density at radius 3 is 2.76 bits per heavy atom. The Bertz CT molecular complexity index is 466. The fourth-order valence-corrected chi connectivity index (χ4v) is 1.66. The predicted molar refractivity (Wildman–Crippen MR) is 63.1 cm³/mol. The fourth-order valence-electron chi connectivity index (χ4n) is 1.43. The average molecular weight is 254 g/mol. The van der Waals surface area contributed by atoms with Crippen LogP contribution in [0.2, 0.25) is 5.02 Å². The minimum absolute atomic E-state index is 0.00759. The van der Waals surface area contributed by atoms with E-state index >= 15 is 0 Å². The highest BCUT2D eigenvalue weighted by Gasteiger charge is 2.14. The first-order chi connectivity index (χ1) is 8.12. The van der Waals surface area contributed by atoms with Crippen LogP contribution in [0, 0.1) is 11.3 Å². The molecule has 0 N–H and O–H groups in total. The Morgan fingerprint density at radius 2 is 2.24 bits per heavy atom. The lowest BCUT2D eigenvalue weighted by Gasteiger charge is -2.09. The highest BCUT2D eigenvalue weighted by molar-refractivity contribution is 6.30. The summed E-state index contributed by atoms with van der Waals surface area (Å²) >= 11 is 5.88. The molecule has 90 valence electrons. The topological polar surface area (TPSA) is 59.3 Å². The Labute approximate surface area is 105 Å². The van der Waals surface area contributed by atoms with Gasteiger partial charge in [-0.1, -0.05) is 11.6 Å². The predicted octanol–water partition coefficient (Wildman–Crippen LogP) is 2.33. The van der Waals surface area contributed by atoms with Crippen LogP contribution in [0.1, 0.15) is 18.1 Å². The Hall–Kier alpha value is -1.73. The van der Waals surface area contributed by atoms with Gasteiger partial charge < -0.3 is 9.47 Å². The van der Waals surface area contributed by atoms with E-state index in [1.165, 1.54) is 13.2 Å². The van der Waals surface area contributed by atoms with Crippen molar-refractivity contribution in [3.05, 3.63) is 28.3 Å². The summed E-state index contributed by atoms with van der Waals surface area (Å²) in [5.74, 6) is -0.0346. The number of rotatable bonds is 4. The summed E-state index contributed by atoms with van der Waals surface area (Å²) in [5.41, 5.74) is 0.820. The monoisotopic (exact) mass is 253 g/mol. The average Bonchev–Trinajstić information content (AvgIpc) is 2.28. The number of nitrogens with zero attached hydrogens (tertiary/aromatic N) is 1. The minimum Gasteiger partial charge on any atom is -0.495 e. The number of hydrogen-bond donors (Lipinski definition) is 0. The third kappa shape index (κ3) is 3.36. The van der Waals surface area contributed by atoms with Gasteiger partial charge in [0.15, 0.2) is 0 Å². The molecule has 0 aliphatic rings. The molecule has 0 bridgehead atoms. The molecule has 4 nitrogen and oxygen atoms in total. The van der Waals surface area contributed by atoms with E-state index in [9.17, 15) is 4.79 Å². The smallest absolute Gasteiger partial charge is 0.310 e. The number of halogens is 1. The molecule has 0 spiro atoms. The van der Waals surface area contributed by atoms with E-state index < -0.39 is 5.97 Å². The molecular formula is C12H12ClNO3. The van der Waals surface area contributed by atoms with Gasteiger partial charge in [0, 0.05) is 11.1 Å². The molecule has 0 aromatic heterocycles. The molecule has 0 aliphatic carbocycles. The molecule has 0 fully saturated rings. The first-order valence-electron chi connectivity index (χ1n) is 5.04. The summed E-state index contributed by atoms with van der Waals surface area (Å²) in [4.78, 5) is 11.4. The number of hydrogen-bond acceptors (Lipinski definition) is 4. The van der Waals surface area contributed by atoms with Crippen LogP contribution in [0.3, 0.4) is 0 Å². The molecule has 1 aromatic carbocycles. The summed E-state index contributed by atoms with van der Waals surface area (Å²) in [6.07, 6.45) is 0.00759. The van der Waals surface area contributed by atoms with Crippen molar-refractivity contribution in [3.8, 4) is 11.8 Å². The second-order valence-corrected chi connectivity index (χ2v) is 3.67. The van der Waals surface area contributed by atoms with Crippen LogP contribution >= 0.6 is 11.6 Å². The van der Waals surface area contributed by atoms with Crippen molar-refractivity contribution in [2.45, 2.75) is 13.3 Å². The zero-order valence-corrected chi connectivity index (χ0v) is 10.4. The van der Waals surface area contributed by atoms with E-state index in [2.05, 4.69) is 0 Å². The zero-order chi connectivity index (χ0) is 12.8. The van der Waals surface area contributed by atoms with E-state index in [4.69, 9.17) is 26.3 Å². The molecule has 0 saturated heterocycles. The maximum atomic E-state index is 11.4. The van der Waals surface area contributed by atoms with Crippen LogP contribution in [0.15, 0.2) is 12.1 Å². The van der Waals surface area contributed by atoms with E-state index in [1.807, 2.05) is 6.07 Å². The highest BCUT2D eigenvalue weighted by Crippen LogP contribution is 2.27. The molecule has 0 aliphatic heterocycles. The number of ether oxygens (including phenoxy) is 2. The van der Waals surface area contributed by atoms with Gasteiger partial charge in [0.1, 0.15) is 11.8 Å². The third-order valence-corrected chi connectivity index (χ3v) is 2.34. The van der Waals surface area contributed by atoms with Gasteiger partial charge in [-0.25, -0.2) is 0 Å². The van der Waals surface area contributed by atoms with Crippen LogP contribution in [0.5, 0.6) is 5.75 Å². The molecule has 0 unspecified atom stereocenters. The maximum absolute atomic E-state index is 11.4. The van der Waals surface area contributed by atoms with Crippen molar-refractivity contribution < 1.29 is 14.3 Å². The van der Waals surface area contributed by atoms with Gasteiger partial charge in [-0.3, -0.25) is 4.79 Å². The Morgan fingerprint density at radius 1 is 1.53 bits per heavy atom. The minimum atomic E-state index is -0.395. The first-order valence-corrected chi connectivity index (χ1v) is 5.42. The summed E-state index contributed by atoms with van der Waals surface area (Å²) < 4.78 is 9.87. The van der Waals surface area contributed by atoms with Gasteiger partial charge in [-0.2, -0.15) is 5.26 Å². The second kappa shape index (κ2) is 6.12. The van der Waals surface area contributed by atoms with Crippen LogP contribution in [-0.2, 0) is 16.0 Å². The SMILES string of the molecule is CCOC(=O)Cc1cc(Cl)cc(OC)c1C#N. The Kier molecular flexibility index (Phi) is 4.80. The Balaban J connectivity index is 3.10. The maximum Gasteiger partial charge on any atom is 0.310 e. The van der Waals surface area contributed by atoms with Crippen molar-refractivity contribution in [3.63, 3.8) is 0 Å². The molecule has 17 heavy (non-hydrogen) atoms. The van der Waals surface area contributed by atoms with Crippen LogP contribution < -0.4 is 4.74 Å². The molecule has 0 saturated carbocycles. The van der Waals surface area contributed by atoms with Crippen molar-refractivity contribution in [1.82, 2.24) is 0 Å².